The molecule has 3 heteroatoms. The van der Waals surface area contributed by atoms with E-state index in [4.69, 9.17) is 5.73 Å². The SMILES string of the molecule is Cc1ccc(C(O)C2CCNC2)c(N)c1. The van der Waals surface area contributed by atoms with E-state index < -0.39 is 6.10 Å². The van der Waals surface area contributed by atoms with Gasteiger partial charge in [0.2, 0.25) is 0 Å². The van der Waals surface area contributed by atoms with Crippen molar-refractivity contribution in [1.82, 2.24) is 5.32 Å². The topological polar surface area (TPSA) is 58.3 Å². The highest BCUT2D eigenvalue weighted by Crippen LogP contribution is 2.30. The minimum atomic E-state index is -0.430. The molecular formula is C12H18N2O. The Kier molecular flexibility index (Phi) is 2.93. The minimum Gasteiger partial charge on any atom is -0.398 e. The molecule has 1 aliphatic rings. The molecule has 3 nitrogen and oxygen atoms in total. The second-order valence-corrected chi connectivity index (χ2v) is 4.33. The van der Waals surface area contributed by atoms with E-state index >= 15 is 0 Å². The van der Waals surface area contributed by atoms with E-state index in [0.717, 1.165) is 30.6 Å². The van der Waals surface area contributed by atoms with Gasteiger partial charge < -0.3 is 16.2 Å². The molecule has 0 amide bonds. The molecule has 1 aliphatic heterocycles. The molecule has 1 aromatic rings. The van der Waals surface area contributed by atoms with Crippen LogP contribution in [0.4, 0.5) is 5.69 Å². The lowest BCUT2D eigenvalue weighted by Gasteiger charge is -2.19. The summed E-state index contributed by atoms with van der Waals surface area (Å²) < 4.78 is 0. The van der Waals surface area contributed by atoms with Crippen LogP contribution in [0.15, 0.2) is 18.2 Å². The van der Waals surface area contributed by atoms with Crippen LogP contribution in [-0.4, -0.2) is 18.2 Å². The first-order valence-electron chi connectivity index (χ1n) is 5.43. The lowest BCUT2D eigenvalue weighted by molar-refractivity contribution is 0.119. The number of nitrogen functional groups attached to an aromatic ring is 1. The zero-order valence-electron chi connectivity index (χ0n) is 9.03. The fourth-order valence-corrected chi connectivity index (χ4v) is 2.16. The first kappa shape index (κ1) is 10.5. The van der Waals surface area contributed by atoms with Gasteiger partial charge in [0, 0.05) is 23.7 Å². The Bertz CT molecular complexity index is 345. The predicted octanol–water partition coefficient (Wildman–Crippen LogP) is 1.22. The average Bonchev–Trinajstić information content (AvgIpc) is 2.69. The number of anilines is 1. The maximum absolute atomic E-state index is 10.2. The van der Waals surface area contributed by atoms with E-state index in [0.29, 0.717) is 11.6 Å². The van der Waals surface area contributed by atoms with Crippen LogP contribution in [0.2, 0.25) is 0 Å². The van der Waals surface area contributed by atoms with Crippen molar-refractivity contribution < 1.29 is 5.11 Å². The monoisotopic (exact) mass is 206 g/mol. The predicted molar refractivity (Wildman–Crippen MR) is 61.5 cm³/mol. The van der Waals surface area contributed by atoms with Gasteiger partial charge in [0.05, 0.1) is 6.10 Å². The Hall–Kier alpha value is -1.06. The maximum atomic E-state index is 10.2. The summed E-state index contributed by atoms with van der Waals surface area (Å²) in [6.45, 7) is 3.88. The van der Waals surface area contributed by atoms with E-state index in [9.17, 15) is 5.11 Å². The number of aliphatic hydroxyl groups excluding tert-OH is 1. The van der Waals surface area contributed by atoms with Crippen molar-refractivity contribution in [2.75, 3.05) is 18.8 Å². The molecule has 0 bridgehead atoms. The summed E-state index contributed by atoms with van der Waals surface area (Å²) >= 11 is 0. The summed E-state index contributed by atoms with van der Waals surface area (Å²) in [6.07, 6.45) is 0.592. The molecule has 2 unspecified atom stereocenters. The molecule has 0 aliphatic carbocycles. The standard InChI is InChI=1S/C12H18N2O/c1-8-2-3-10(11(13)6-8)12(15)9-4-5-14-7-9/h2-3,6,9,12,14-15H,4-5,7,13H2,1H3. The number of rotatable bonds is 2. The van der Waals surface area contributed by atoms with Crippen molar-refractivity contribution in [2.45, 2.75) is 19.4 Å². The Morgan fingerprint density at radius 1 is 1.53 bits per heavy atom. The van der Waals surface area contributed by atoms with Crippen molar-refractivity contribution in [1.29, 1.82) is 0 Å². The molecule has 2 atom stereocenters. The third kappa shape index (κ3) is 2.13. The summed E-state index contributed by atoms with van der Waals surface area (Å²) in [7, 11) is 0. The summed E-state index contributed by atoms with van der Waals surface area (Å²) in [5.74, 6) is 0.301. The highest BCUT2D eigenvalue weighted by Gasteiger charge is 2.25. The van der Waals surface area contributed by atoms with Crippen molar-refractivity contribution in [3.05, 3.63) is 29.3 Å². The van der Waals surface area contributed by atoms with Crippen molar-refractivity contribution in [3.8, 4) is 0 Å². The smallest absolute Gasteiger partial charge is 0.0850 e. The number of hydrogen-bond donors (Lipinski definition) is 3. The van der Waals surface area contributed by atoms with Gasteiger partial charge in [-0.05, 0) is 31.5 Å². The van der Waals surface area contributed by atoms with E-state index in [1.54, 1.807) is 0 Å². The molecule has 0 saturated carbocycles. The minimum absolute atomic E-state index is 0.301. The molecule has 15 heavy (non-hydrogen) atoms. The Labute approximate surface area is 90.3 Å². The van der Waals surface area contributed by atoms with Gasteiger partial charge in [-0.1, -0.05) is 12.1 Å². The van der Waals surface area contributed by atoms with Gasteiger partial charge in [-0.3, -0.25) is 0 Å². The first-order chi connectivity index (χ1) is 7.18. The molecule has 0 spiro atoms. The Balaban J connectivity index is 2.20. The van der Waals surface area contributed by atoms with Gasteiger partial charge in [-0.2, -0.15) is 0 Å². The molecule has 1 aromatic carbocycles. The summed E-state index contributed by atoms with van der Waals surface area (Å²) in [6, 6.07) is 5.85. The van der Waals surface area contributed by atoms with Crippen LogP contribution in [0.25, 0.3) is 0 Å². The van der Waals surface area contributed by atoms with Crippen LogP contribution >= 0.6 is 0 Å². The van der Waals surface area contributed by atoms with Crippen LogP contribution in [0.3, 0.4) is 0 Å². The third-order valence-corrected chi connectivity index (χ3v) is 3.11. The molecule has 2 rings (SSSR count). The highest BCUT2D eigenvalue weighted by atomic mass is 16.3. The van der Waals surface area contributed by atoms with Crippen LogP contribution in [-0.2, 0) is 0 Å². The first-order valence-corrected chi connectivity index (χ1v) is 5.43. The lowest BCUT2D eigenvalue weighted by atomic mass is 9.93. The molecule has 82 valence electrons. The van der Waals surface area contributed by atoms with Crippen molar-refractivity contribution >= 4 is 5.69 Å². The Morgan fingerprint density at radius 2 is 2.33 bits per heavy atom. The molecular weight excluding hydrogens is 188 g/mol. The third-order valence-electron chi connectivity index (χ3n) is 3.11. The zero-order chi connectivity index (χ0) is 10.8. The van der Waals surface area contributed by atoms with Gasteiger partial charge in [0.25, 0.3) is 0 Å². The van der Waals surface area contributed by atoms with Crippen LogP contribution in [0.1, 0.15) is 23.7 Å². The highest BCUT2D eigenvalue weighted by molar-refractivity contribution is 5.50. The van der Waals surface area contributed by atoms with Crippen molar-refractivity contribution in [3.63, 3.8) is 0 Å². The second kappa shape index (κ2) is 4.21. The quantitative estimate of drug-likeness (QED) is 0.638. The van der Waals surface area contributed by atoms with Gasteiger partial charge in [0.15, 0.2) is 0 Å². The number of nitrogens with two attached hydrogens (primary N) is 1. The summed E-state index contributed by atoms with van der Waals surface area (Å²) in [5.41, 5.74) is 8.61. The van der Waals surface area contributed by atoms with Crippen LogP contribution < -0.4 is 11.1 Å². The molecule has 1 fully saturated rings. The summed E-state index contributed by atoms with van der Waals surface area (Å²) in [5, 5.41) is 13.4. The van der Waals surface area contributed by atoms with Gasteiger partial charge in [-0.15, -0.1) is 0 Å². The lowest BCUT2D eigenvalue weighted by Crippen LogP contribution is -2.17. The molecule has 0 aromatic heterocycles. The average molecular weight is 206 g/mol. The van der Waals surface area contributed by atoms with Crippen molar-refractivity contribution in [2.24, 2.45) is 5.92 Å². The van der Waals surface area contributed by atoms with Gasteiger partial charge in [0.1, 0.15) is 0 Å². The zero-order valence-corrected chi connectivity index (χ0v) is 9.03. The number of nitrogens with one attached hydrogen (secondary N) is 1. The maximum Gasteiger partial charge on any atom is 0.0850 e. The molecule has 1 saturated heterocycles. The van der Waals surface area contributed by atoms with Gasteiger partial charge >= 0.3 is 0 Å². The number of benzene rings is 1. The van der Waals surface area contributed by atoms with Crippen LogP contribution in [0.5, 0.6) is 0 Å². The number of hydrogen-bond acceptors (Lipinski definition) is 3. The van der Waals surface area contributed by atoms with E-state index in [2.05, 4.69) is 5.32 Å². The van der Waals surface area contributed by atoms with Crippen LogP contribution in [0, 0.1) is 12.8 Å². The van der Waals surface area contributed by atoms with E-state index in [1.165, 1.54) is 0 Å². The Morgan fingerprint density at radius 3 is 2.93 bits per heavy atom. The largest absolute Gasteiger partial charge is 0.398 e. The van der Waals surface area contributed by atoms with E-state index in [-0.39, 0.29) is 0 Å². The number of aryl methyl sites for hydroxylation is 1. The normalized spacial score (nSPS) is 22.9. The molecule has 4 N–H and O–H groups in total. The van der Waals surface area contributed by atoms with E-state index in [1.807, 2.05) is 25.1 Å². The fraction of sp³-hybridized carbons (Fsp3) is 0.500. The summed E-state index contributed by atoms with van der Waals surface area (Å²) in [4.78, 5) is 0. The number of aliphatic hydroxyl groups is 1. The second-order valence-electron chi connectivity index (χ2n) is 4.33. The molecule has 0 radical (unpaired) electrons. The fourth-order valence-electron chi connectivity index (χ4n) is 2.16. The molecule has 1 heterocycles. The van der Waals surface area contributed by atoms with Gasteiger partial charge in [-0.25, -0.2) is 0 Å².